The van der Waals surface area contributed by atoms with Crippen LogP contribution in [-0.4, -0.2) is 69.0 Å². The Morgan fingerprint density at radius 2 is 2.25 bits per heavy atom. The second kappa shape index (κ2) is 6.70. The van der Waals surface area contributed by atoms with Gasteiger partial charge in [0.15, 0.2) is 0 Å². The lowest BCUT2D eigenvalue weighted by atomic mass is 10.0. The number of nitrogens with zero attached hydrogens (tertiary/aromatic N) is 6. The molecule has 4 heterocycles. The van der Waals surface area contributed by atoms with Crippen molar-refractivity contribution in [2.24, 2.45) is 0 Å². The SMILES string of the molecule is OC1CN(c2nc(NCCn3ccnn3)cc(C3CCOC3)n2)C1. The summed E-state index contributed by atoms with van der Waals surface area (Å²) in [5, 5.41) is 20.6. The first kappa shape index (κ1) is 15.3. The smallest absolute Gasteiger partial charge is 0.227 e. The van der Waals surface area contributed by atoms with Gasteiger partial charge in [0, 0.05) is 44.4 Å². The van der Waals surface area contributed by atoms with Gasteiger partial charge in [0.05, 0.1) is 31.1 Å². The minimum absolute atomic E-state index is 0.282. The third kappa shape index (κ3) is 3.31. The van der Waals surface area contributed by atoms with Crippen molar-refractivity contribution in [2.45, 2.75) is 25.0 Å². The molecule has 2 saturated heterocycles. The maximum Gasteiger partial charge on any atom is 0.227 e. The van der Waals surface area contributed by atoms with Crippen LogP contribution < -0.4 is 10.2 Å². The van der Waals surface area contributed by atoms with Gasteiger partial charge in [-0.05, 0) is 6.42 Å². The van der Waals surface area contributed by atoms with Crippen LogP contribution in [0.1, 0.15) is 18.0 Å². The Hall–Kier alpha value is -2.26. The number of aliphatic hydroxyl groups excluding tert-OH is 1. The maximum atomic E-state index is 9.53. The van der Waals surface area contributed by atoms with E-state index in [0.717, 1.165) is 24.5 Å². The first-order valence-corrected chi connectivity index (χ1v) is 8.25. The van der Waals surface area contributed by atoms with Crippen molar-refractivity contribution in [2.75, 3.05) is 43.1 Å². The Morgan fingerprint density at radius 1 is 1.33 bits per heavy atom. The number of nitrogens with one attached hydrogen (secondary N) is 1. The van der Waals surface area contributed by atoms with E-state index in [1.54, 1.807) is 10.9 Å². The van der Waals surface area contributed by atoms with Gasteiger partial charge in [0.25, 0.3) is 0 Å². The summed E-state index contributed by atoms with van der Waals surface area (Å²) >= 11 is 0. The molecule has 9 nitrogen and oxygen atoms in total. The molecule has 0 radical (unpaired) electrons. The largest absolute Gasteiger partial charge is 0.389 e. The van der Waals surface area contributed by atoms with E-state index in [2.05, 4.69) is 25.6 Å². The van der Waals surface area contributed by atoms with Crippen LogP contribution in [0.2, 0.25) is 0 Å². The van der Waals surface area contributed by atoms with Crippen molar-refractivity contribution in [1.82, 2.24) is 25.0 Å². The van der Waals surface area contributed by atoms with E-state index in [-0.39, 0.29) is 6.10 Å². The first-order chi connectivity index (χ1) is 11.8. The molecule has 2 N–H and O–H groups in total. The zero-order valence-corrected chi connectivity index (χ0v) is 13.4. The quantitative estimate of drug-likeness (QED) is 0.754. The lowest BCUT2D eigenvalue weighted by molar-refractivity contribution is 0.140. The van der Waals surface area contributed by atoms with Gasteiger partial charge in [-0.1, -0.05) is 5.21 Å². The molecule has 0 bridgehead atoms. The molecule has 0 aliphatic carbocycles. The fraction of sp³-hybridized carbons (Fsp3) is 0.600. The van der Waals surface area contributed by atoms with Crippen molar-refractivity contribution >= 4 is 11.8 Å². The van der Waals surface area contributed by atoms with E-state index < -0.39 is 0 Å². The summed E-state index contributed by atoms with van der Waals surface area (Å²) in [5.41, 5.74) is 1.00. The molecule has 1 atom stereocenters. The molecule has 2 aliphatic heterocycles. The van der Waals surface area contributed by atoms with E-state index in [1.165, 1.54) is 0 Å². The zero-order chi connectivity index (χ0) is 16.4. The summed E-state index contributed by atoms with van der Waals surface area (Å²) < 4.78 is 7.26. The van der Waals surface area contributed by atoms with Crippen LogP contribution in [0.25, 0.3) is 0 Å². The van der Waals surface area contributed by atoms with Gasteiger partial charge in [-0.25, -0.2) is 4.98 Å². The monoisotopic (exact) mass is 331 g/mol. The highest BCUT2D eigenvalue weighted by Crippen LogP contribution is 2.28. The number of hydrogen-bond donors (Lipinski definition) is 2. The van der Waals surface area contributed by atoms with Crippen molar-refractivity contribution in [3.63, 3.8) is 0 Å². The summed E-state index contributed by atoms with van der Waals surface area (Å²) in [6, 6.07) is 2.00. The summed E-state index contributed by atoms with van der Waals surface area (Å²) in [5.74, 6) is 1.78. The minimum atomic E-state index is -0.282. The van der Waals surface area contributed by atoms with Crippen LogP contribution >= 0.6 is 0 Å². The standard InChI is InChI=1S/C15H21N7O2/c23-12-8-21(9-12)15-18-13(11-1-6-24-10-11)7-14(19-15)16-2-4-22-5-3-17-20-22/h3,5,7,11-12,23H,1-2,4,6,8-10H2,(H,16,18,19). The minimum Gasteiger partial charge on any atom is -0.389 e. The molecule has 0 aromatic carbocycles. The fourth-order valence-electron chi connectivity index (χ4n) is 2.93. The molecule has 4 rings (SSSR count). The lowest BCUT2D eigenvalue weighted by Crippen LogP contribution is -2.51. The molecule has 128 valence electrons. The lowest BCUT2D eigenvalue weighted by Gasteiger charge is -2.36. The topological polar surface area (TPSA) is 101 Å². The van der Waals surface area contributed by atoms with E-state index in [1.807, 2.05) is 17.2 Å². The van der Waals surface area contributed by atoms with Gasteiger partial charge < -0.3 is 20.1 Å². The molecule has 0 spiro atoms. The van der Waals surface area contributed by atoms with Crippen LogP contribution in [-0.2, 0) is 11.3 Å². The Morgan fingerprint density at radius 3 is 2.96 bits per heavy atom. The molecular formula is C15H21N7O2. The highest BCUT2D eigenvalue weighted by molar-refractivity contribution is 5.46. The summed E-state index contributed by atoms with van der Waals surface area (Å²) in [6.07, 6.45) is 4.19. The zero-order valence-electron chi connectivity index (χ0n) is 13.4. The van der Waals surface area contributed by atoms with Gasteiger partial charge in [-0.15, -0.1) is 5.10 Å². The molecule has 2 aromatic rings. The molecule has 2 aliphatic rings. The average Bonchev–Trinajstić information content (AvgIpc) is 3.25. The highest BCUT2D eigenvalue weighted by Gasteiger charge is 2.28. The molecule has 0 amide bonds. The number of aliphatic hydroxyl groups is 1. The van der Waals surface area contributed by atoms with Crippen molar-refractivity contribution < 1.29 is 9.84 Å². The summed E-state index contributed by atoms with van der Waals surface area (Å²) in [4.78, 5) is 11.3. The van der Waals surface area contributed by atoms with Gasteiger partial charge in [-0.3, -0.25) is 4.68 Å². The first-order valence-electron chi connectivity index (χ1n) is 8.25. The number of β-amino-alcohol motifs (C(OH)–C–C–N with tert-alkyl or cyclic N) is 1. The predicted molar refractivity (Wildman–Crippen MR) is 86.9 cm³/mol. The van der Waals surface area contributed by atoms with Crippen LogP contribution in [0.4, 0.5) is 11.8 Å². The van der Waals surface area contributed by atoms with Crippen molar-refractivity contribution in [3.8, 4) is 0 Å². The molecular weight excluding hydrogens is 310 g/mol. The third-order valence-corrected chi connectivity index (χ3v) is 4.35. The molecule has 0 saturated carbocycles. The van der Waals surface area contributed by atoms with Crippen molar-refractivity contribution in [1.29, 1.82) is 0 Å². The molecule has 1 unspecified atom stereocenters. The number of ether oxygens (including phenoxy) is 1. The molecule has 2 aromatic heterocycles. The number of aromatic nitrogens is 5. The average molecular weight is 331 g/mol. The van der Waals surface area contributed by atoms with E-state index >= 15 is 0 Å². The second-order valence-corrected chi connectivity index (χ2v) is 6.19. The molecule has 2 fully saturated rings. The predicted octanol–water partition coefficient (Wildman–Crippen LogP) is -0.135. The van der Waals surface area contributed by atoms with Gasteiger partial charge in [0.1, 0.15) is 5.82 Å². The number of anilines is 2. The fourth-order valence-corrected chi connectivity index (χ4v) is 2.93. The molecule has 9 heteroatoms. The normalized spacial score (nSPS) is 21.0. The van der Waals surface area contributed by atoms with Crippen LogP contribution in [0.5, 0.6) is 0 Å². The van der Waals surface area contributed by atoms with E-state index in [0.29, 0.717) is 44.7 Å². The van der Waals surface area contributed by atoms with Crippen molar-refractivity contribution in [3.05, 3.63) is 24.2 Å². The summed E-state index contributed by atoms with van der Waals surface area (Å²) in [6.45, 7) is 4.07. The van der Waals surface area contributed by atoms with E-state index in [4.69, 9.17) is 4.74 Å². The van der Waals surface area contributed by atoms with Gasteiger partial charge in [-0.2, -0.15) is 4.98 Å². The van der Waals surface area contributed by atoms with Crippen LogP contribution in [0.3, 0.4) is 0 Å². The highest BCUT2D eigenvalue weighted by atomic mass is 16.5. The Bertz CT molecular complexity index is 666. The van der Waals surface area contributed by atoms with Crippen LogP contribution in [0, 0.1) is 0 Å². The second-order valence-electron chi connectivity index (χ2n) is 6.19. The number of hydrogen-bond acceptors (Lipinski definition) is 8. The number of rotatable bonds is 6. The van der Waals surface area contributed by atoms with Gasteiger partial charge in [0.2, 0.25) is 5.95 Å². The van der Waals surface area contributed by atoms with Gasteiger partial charge >= 0.3 is 0 Å². The Balaban J connectivity index is 1.48. The van der Waals surface area contributed by atoms with Crippen LogP contribution in [0.15, 0.2) is 18.5 Å². The molecule has 24 heavy (non-hydrogen) atoms. The Kier molecular flexibility index (Phi) is 4.26. The third-order valence-electron chi connectivity index (χ3n) is 4.35. The maximum absolute atomic E-state index is 9.53. The summed E-state index contributed by atoms with van der Waals surface area (Å²) in [7, 11) is 0. The van der Waals surface area contributed by atoms with E-state index in [9.17, 15) is 5.11 Å². The Labute approximate surface area is 139 Å².